The van der Waals surface area contributed by atoms with Crippen LogP contribution in [-0.2, 0) is 41.7 Å². The molecular formula is C12H20N2NiS4. The van der Waals surface area contributed by atoms with Crippen molar-refractivity contribution in [1.82, 2.24) is 9.80 Å². The van der Waals surface area contributed by atoms with Crippen LogP contribution in [0.25, 0.3) is 0 Å². The molecule has 2 aliphatic rings. The number of rotatable bonds is 0. The van der Waals surface area contributed by atoms with Gasteiger partial charge in [0.25, 0.3) is 0 Å². The molecule has 7 heteroatoms. The molecule has 2 saturated heterocycles. The minimum Gasteiger partial charge on any atom is -0.411 e. The van der Waals surface area contributed by atoms with Gasteiger partial charge in [-0.1, -0.05) is 8.64 Å². The number of nitrogens with zero attached hydrogens (tertiary/aromatic N) is 2. The Kier molecular flexibility index (Phi) is 11.8. The molecule has 0 aromatic carbocycles. The Bertz CT molecular complexity index is 249. The Labute approximate surface area is 148 Å². The van der Waals surface area contributed by atoms with Gasteiger partial charge in [-0.15, -0.1) is 0 Å². The van der Waals surface area contributed by atoms with E-state index in [1.54, 1.807) is 0 Å². The Hall–Kier alpha value is 0.714. The minimum atomic E-state index is 0. The first kappa shape index (κ1) is 19.7. The number of hydrogen-bond donors (Lipinski definition) is 0. The largest absolute Gasteiger partial charge is 2.00 e. The first-order valence-corrected chi connectivity index (χ1v) is 8.16. The topological polar surface area (TPSA) is 6.48 Å². The maximum absolute atomic E-state index is 4.86. The van der Waals surface area contributed by atoms with Gasteiger partial charge in [0.2, 0.25) is 0 Å². The summed E-state index contributed by atoms with van der Waals surface area (Å²) in [5.41, 5.74) is 0. The van der Waals surface area contributed by atoms with Gasteiger partial charge in [-0.25, -0.2) is 0 Å². The first-order chi connectivity index (χ1) is 8.61. The Balaban J connectivity index is 0.000000324. The molecule has 0 unspecified atom stereocenters. The Morgan fingerprint density at radius 3 is 1.05 bits per heavy atom. The average Bonchev–Trinajstić information content (AvgIpc) is 2.41. The molecule has 112 valence electrons. The van der Waals surface area contributed by atoms with Crippen LogP contribution in [0.2, 0.25) is 0 Å². The molecular weight excluding hydrogens is 359 g/mol. The van der Waals surface area contributed by atoms with Crippen LogP contribution in [0.3, 0.4) is 0 Å². The summed E-state index contributed by atoms with van der Waals surface area (Å²) in [6, 6.07) is 0. The van der Waals surface area contributed by atoms with E-state index in [1.807, 2.05) is 0 Å². The molecule has 2 rings (SSSR count). The molecule has 0 aliphatic carbocycles. The predicted octanol–water partition coefficient (Wildman–Crippen LogP) is 2.61. The fourth-order valence-corrected chi connectivity index (χ4v) is 2.88. The zero-order valence-electron chi connectivity index (χ0n) is 10.9. The monoisotopic (exact) mass is 378 g/mol. The summed E-state index contributed by atoms with van der Waals surface area (Å²) in [4.78, 5) is 4.21. The molecule has 0 saturated carbocycles. The summed E-state index contributed by atoms with van der Waals surface area (Å²) in [5, 5.41) is 0. The van der Waals surface area contributed by atoms with Crippen LogP contribution in [0.15, 0.2) is 0 Å². The third kappa shape index (κ3) is 8.56. The molecule has 0 aromatic heterocycles. The van der Waals surface area contributed by atoms with Crippen molar-refractivity contribution in [2.45, 2.75) is 38.5 Å². The van der Waals surface area contributed by atoms with Crippen molar-refractivity contribution in [3.8, 4) is 0 Å². The van der Waals surface area contributed by atoms with E-state index in [0.29, 0.717) is 8.64 Å². The number of thiocarbonyl (C=S) groups is 2. The van der Waals surface area contributed by atoms with Crippen LogP contribution < -0.4 is 0 Å². The average molecular weight is 379 g/mol. The van der Waals surface area contributed by atoms with Crippen LogP contribution in [-0.4, -0.2) is 44.6 Å². The van der Waals surface area contributed by atoms with Crippen LogP contribution in [0.1, 0.15) is 38.5 Å². The fraction of sp³-hybridized carbons (Fsp3) is 0.833. The normalized spacial score (nSPS) is 18.7. The molecule has 0 aromatic rings. The third-order valence-electron chi connectivity index (χ3n) is 3.23. The van der Waals surface area contributed by atoms with Crippen LogP contribution in [0.4, 0.5) is 0 Å². The van der Waals surface area contributed by atoms with Crippen molar-refractivity contribution in [2.24, 2.45) is 0 Å². The van der Waals surface area contributed by atoms with Crippen molar-refractivity contribution < 1.29 is 16.5 Å². The van der Waals surface area contributed by atoms with Gasteiger partial charge in [0, 0.05) is 26.2 Å². The van der Waals surface area contributed by atoms with Gasteiger partial charge in [0.05, 0.1) is 0 Å². The SMILES string of the molecule is S=C([S-])N1CCCCC1.S=C([S-])N1CCCCC1.[Ni+2]. The summed E-state index contributed by atoms with van der Waals surface area (Å²) < 4.78 is 1.30. The van der Waals surface area contributed by atoms with Crippen molar-refractivity contribution in [3.05, 3.63) is 0 Å². The van der Waals surface area contributed by atoms with E-state index < -0.39 is 0 Å². The van der Waals surface area contributed by atoms with E-state index >= 15 is 0 Å². The Morgan fingerprint density at radius 1 is 0.632 bits per heavy atom. The van der Waals surface area contributed by atoms with E-state index in [2.05, 4.69) is 9.80 Å². The number of hydrogen-bond acceptors (Lipinski definition) is 4. The van der Waals surface area contributed by atoms with Gasteiger partial charge in [-0.05, 0) is 38.5 Å². The second kappa shape index (κ2) is 11.4. The van der Waals surface area contributed by atoms with Crippen molar-refractivity contribution in [2.75, 3.05) is 26.2 Å². The molecule has 2 fully saturated rings. The molecule has 2 aliphatic heterocycles. The number of likely N-dealkylation sites (tertiary alicyclic amines) is 2. The molecule has 19 heavy (non-hydrogen) atoms. The van der Waals surface area contributed by atoms with E-state index in [9.17, 15) is 0 Å². The van der Waals surface area contributed by atoms with E-state index in [0.717, 1.165) is 26.2 Å². The summed E-state index contributed by atoms with van der Waals surface area (Å²) in [7, 11) is 0. The summed E-state index contributed by atoms with van der Waals surface area (Å²) >= 11 is 19.4. The molecule has 2 heterocycles. The van der Waals surface area contributed by atoms with Gasteiger partial charge < -0.3 is 59.5 Å². The van der Waals surface area contributed by atoms with Crippen LogP contribution in [0.5, 0.6) is 0 Å². The molecule has 0 radical (unpaired) electrons. The van der Waals surface area contributed by atoms with Crippen molar-refractivity contribution in [3.63, 3.8) is 0 Å². The maximum Gasteiger partial charge on any atom is 2.00 e. The van der Waals surface area contributed by atoms with Gasteiger partial charge >= 0.3 is 16.5 Å². The van der Waals surface area contributed by atoms with E-state index in [4.69, 9.17) is 49.7 Å². The first-order valence-electron chi connectivity index (χ1n) is 6.53. The smallest absolute Gasteiger partial charge is 0.411 e. The molecule has 0 bridgehead atoms. The summed E-state index contributed by atoms with van der Waals surface area (Å²) in [6.07, 6.45) is 7.73. The van der Waals surface area contributed by atoms with Gasteiger partial charge in [-0.2, -0.15) is 0 Å². The zero-order chi connectivity index (χ0) is 13.4. The number of piperidine rings is 2. The van der Waals surface area contributed by atoms with Crippen LogP contribution in [0, 0.1) is 0 Å². The van der Waals surface area contributed by atoms with Crippen molar-refractivity contribution in [1.29, 1.82) is 0 Å². The van der Waals surface area contributed by atoms with Gasteiger partial charge in [0.1, 0.15) is 0 Å². The van der Waals surface area contributed by atoms with E-state index in [-0.39, 0.29) is 16.5 Å². The summed E-state index contributed by atoms with van der Waals surface area (Å²) in [6.45, 7) is 4.34. The van der Waals surface area contributed by atoms with Crippen LogP contribution >= 0.6 is 24.4 Å². The summed E-state index contributed by atoms with van der Waals surface area (Å²) in [5.74, 6) is 0. The second-order valence-corrected chi connectivity index (χ2v) is 6.69. The quantitative estimate of drug-likeness (QED) is 0.360. The Morgan fingerprint density at radius 2 is 0.895 bits per heavy atom. The second-order valence-electron chi connectivity index (χ2n) is 4.63. The standard InChI is InChI=1S/2C6H11NS2.Ni/c2*8-6(9)7-4-2-1-3-5-7;/h2*1-5H2,(H,8,9);/q;;+2/p-2. The zero-order valence-corrected chi connectivity index (χ0v) is 15.2. The minimum absolute atomic E-state index is 0. The molecule has 0 spiro atoms. The molecule has 0 amide bonds. The van der Waals surface area contributed by atoms with E-state index in [1.165, 1.54) is 38.5 Å². The third-order valence-corrected chi connectivity index (χ3v) is 4.26. The maximum atomic E-state index is 4.86. The molecule has 0 atom stereocenters. The predicted molar refractivity (Wildman–Crippen MR) is 90.8 cm³/mol. The van der Waals surface area contributed by atoms with Gasteiger partial charge in [0.15, 0.2) is 0 Å². The molecule has 2 nitrogen and oxygen atoms in total. The molecule has 0 N–H and O–H groups in total. The van der Waals surface area contributed by atoms with Gasteiger partial charge in [-0.3, -0.25) is 0 Å². The van der Waals surface area contributed by atoms with Crippen molar-refractivity contribution >= 4 is 58.3 Å². The fourth-order valence-electron chi connectivity index (χ4n) is 2.15.